The molecule has 0 amide bonds. The second kappa shape index (κ2) is 11.0. The van der Waals surface area contributed by atoms with Crippen molar-refractivity contribution in [3.63, 3.8) is 0 Å². The van der Waals surface area contributed by atoms with Gasteiger partial charge in [-0.1, -0.05) is 73.7 Å². The third-order valence-corrected chi connectivity index (χ3v) is 5.89. The maximum absolute atomic E-state index is 5.51. The van der Waals surface area contributed by atoms with Crippen LogP contribution in [0.4, 0.5) is 0 Å². The van der Waals surface area contributed by atoms with Gasteiger partial charge < -0.3 is 4.74 Å². The lowest BCUT2D eigenvalue weighted by Gasteiger charge is -2.28. The summed E-state index contributed by atoms with van der Waals surface area (Å²) in [6.45, 7) is 7.13. The number of allylic oxidation sites excluding steroid dienone is 2. The van der Waals surface area contributed by atoms with Gasteiger partial charge >= 0.3 is 0 Å². The minimum Gasteiger partial charge on any atom is -0.373 e. The molecule has 3 rings (SSSR count). The number of hydrogen-bond acceptors (Lipinski definition) is 1. The van der Waals surface area contributed by atoms with E-state index in [-0.39, 0.29) is 0 Å². The van der Waals surface area contributed by atoms with Gasteiger partial charge in [0.2, 0.25) is 0 Å². The van der Waals surface area contributed by atoms with Gasteiger partial charge in [0.05, 0.1) is 13.2 Å². The molecule has 1 fully saturated rings. The van der Waals surface area contributed by atoms with Crippen molar-refractivity contribution in [1.29, 1.82) is 0 Å². The molecule has 1 heteroatoms. The smallest absolute Gasteiger partial charge is 0.0721 e. The maximum Gasteiger partial charge on any atom is 0.0721 e. The van der Waals surface area contributed by atoms with Crippen molar-refractivity contribution >= 4 is 0 Å². The third-order valence-electron chi connectivity index (χ3n) is 5.89. The largest absolute Gasteiger partial charge is 0.373 e. The van der Waals surface area contributed by atoms with Crippen LogP contribution < -0.4 is 0 Å². The zero-order valence-corrected chi connectivity index (χ0v) is 17.3. The lowest BCUT2D eigenvalue weighted by atomic mass is 9.77. The summed E-state index contributed by atoms with van der Waals surface area (Å²) in [5.41, 5.74) is 5.28. The van der Waals surface area contributed by atoms with Crippen molar-refractivity contribution in [3.8, 4) is 11.1 Å². The molecule has 148 valence electrons. The van der Waals surface area contributed by atoms with Crippen LogP contribution in [0.2, 0.25) is 0 Å². The zero-order valence-electron chi connectivity index (χ0n) is 17.3. The average molecular weight is 375 g/mol. The van der Waals surface area contributed by atoms with Crippen LogP contribution in [-0.2, 0) is 11.3 Å². The van der Waals surface area contributed by atoms with Crippen molar-refractivity contribution in [3.05, 3.63) is 84.5 Å². The van der Waals surface area contributed by atoms with Crippen LogP contribution in [0.1, 0.15) is 62.5 Å². The predicted octanol–water partition coefficient (Wildman–Crippen LogP) is 7.69. The topological polar surface area (TPSA) is 9.23 Å². The van der Waals surface area contributed by atoms with E-state index in [2.05, 4.69) is 74.2 Å². The van der Waals surface area contributed by atoms with E-state index in [1.807, 2.05) is 0 Å². The van der Waals surface area contributed by atoms with Crippen molar-refractivity contribution in [2.24, 2.45) is 5.92 Å². The molecule has 0 bridgehead atoms. The second-order valence-corrected chi connectivity index (χ2v) is 7.96. The summed E-state index contributed by atoms with van der Waals surface area (Å²) in [6.07, 6.45) is 14.3. The molecule has 0 spiro atoms. The average Bonchev–Trinajstić information content (AvgIpc) is 2.75. The number of hydrogen-bond donors (Lipinski definition) is 0. The fraction of sp³-hybridized carbons (Fsp3) is 0.407. The van der Waals surface area contributed by atoms with Gasteiger partial charge in [-0.25, -0.2) is 0 Å². The van der Waals surface area contributed by atoms with Crippen molar-refractivity contribution in [2.75, 3.05) is 6.61 Å². The molecule has 2 aromatic carbocycles. The van der Waals surface area contributed by atoms with E-state index < -0.39 is 0 Å². The van der Waals surface area contributed by atoms with E-state index in [4.69, 9.17) is 4.74 Å². The van der Waals surface area contributed by atoms with Crippen LogP contribution in [0.25, 0.3) is 11.1 Å². The molecule has 1 saturated carbocycles. The lowest BCUT2D eigenvalue weighted by Crippen LogP contribution is -2.12. The molecule has 0 saturated heterocycles. The Bertz CT molecular complexity index is 731. The predicted molar refractivity (Wildman–Crippen MR) is 120 cm³/mol. The molecule has 2 aromatic rings. The standard InChI is InChI=1S/C27H34O/c1-3-5-6-7-22-8-12-24(13-9-22)26-16-18-27(19-17-26)25-14-10-23(11-15-25)21-28-20-4-2/h4-6,10-11,14-19,22,24H,2-3,7-9,12-13,20-21H2,1H3. The van der Waals surface area contributed by atoms with Gasteiger partial charge in [0.1, 0.15) is 0 Å². The highest BCUT2D eigenvalue weighted by Gasteiger charge is 2.21. The molecule has 0 atom stereocenters. The van der Waals surface area contributed by atoms with Gasteiger partial charge in [0, 0.05) is 0 Å². The molecule has 0 N–H and O–H groups in total. The van der Waals surface area contributed by atoms with Gasteiger partial charge in [0.25, 0.3) is 0 Å². The molecule has 28 heavy (non-hydrogen) atoms. The first-order valence-electron chi connectivity index (χ1n) is 10.8. The summed E-state index contributed by atoms with van der Waals surface area (Å²) in [7, 11) is 0. The first-order chi connectivity index (χ1) is 13.8. The summed E-state index contributed by atoms with van der Waals surface area (Å²) in [5, 5.41) is 0. The molecule has 0 aliphatic heterocycles. The molecule has 1 aliphatic rings. The van der Waals surface area contributed by atoms with E-state index in [0.29, 0.717) is 13.2 Å². The van der Waals surface area contributed by atoms with E-state index >= 15 is 0 Å². The Morgan fingerprint density at radius 3 is 2.14 bits per heavy atom. The molecule has 1 aliphatic carbocycles. The summed E-state index contributed by atoms with van der Waals surface area (Å²) < 4.78 is 5.51. The Morgan fingerprint density at radius 1 is 0.893 bits per heavy atom. The number of benzene rings is 2. The highest BCUT2D eigenvalue weighted by atomic mass is 16.5. The molecule has 1 nitrogen and oxygen atoms in total. The Balaban J connectivity index is 1.54. The highest BCUT2D eigenvalue weighted by Crippen LogP contribution is 2.37. The van der Waals surface area contributed by atoms with Crippen LogP contribution in [0, 0.1) is 5.92 Å². The molecule has 0 radical (unpaired) electrons. The van der Waals surface area contributed by atoms with Gasteiger partial charge in [-0.3, -0.25) is 0 Å². The van der Waals surface area contributed by atoms with Crippen LogP contribution in [-0.4, -0.2) is 6.61 Å². The van der Waals surface area contributed by atoms with Crippen LogP contribution in [0.3, 0.4) is 0 Å². The number of ether oxygens (including phenoxy) is 1. The highest BCUT2D eigenvalue weighted by molar-refractivity contribution is 5.64. The lowest BCUT2D eigenvalue weighted by molar-refractivity contribution is 0.149. The quantitative estimate of drug-likeness (QED) is 0.323. The van der Waals surface area contributed by atoms with Crippen molar-refractivity contribution in [2.45, 2.75) is 58.0 Å². The summed E-state index contributed by atoms with van der Waals surface area (Å²) in [5.74, 6) is 1.64. The first kappa shape index (κ1) is 20.6. The Kier molecular flexibility index (Phi) is 8.11. The fourth-order valence-electron chi connectivity index (χ4n) is 4.19. The van der Waals surface area contributed by atoms with Crippen LogP contribution in [0.5, 0.6) is 0 Å². The van der Waals surface area contributed by atoms with Gasteiger partial charge in [-0.05, 0) is 72.6 Å². The maximum atomic E-state index is 5.51. The molecule has 0 heterocycles. The van der Waals surface area contributed by atoms with Crippen LogP contribution >= 0.6 is 0 Å². The van der Waals surface area contributed by atoms with Crippen molar-refractivity contribution < 1.29 is 4.74 Å². The van der Waals surface area contributed by atoms with Gasteiger partial charge in [-0.2, -0.15) is 0 Å². The Hall–Kier alpha value is -2.12. The van der Waals surface area contributed by atoms with E-state index in [1.54, 1.807) is 6.08 Å². The Morgan fingerprint density at radius 2 is 1.54 bits per heavy atom. The first-order valence-corrected chi connectivity index (χ1v) is 10.8. The fourth-order valence-corrected chi connectivity index (χ4v) is 4.19. The minimum atomic E-state index is 0.598. The molecular weight excluding hydrogens is 340 g/mol. The van der Waals surface area contributed by atoms with Gasteiger partial charge in [0.15, 0.2) is 0 Å². The SMILES string of the molecule is C=CCOCc1ccc(-c2ccc(C3CCC(CC=CCC)CC3)cc2)cc1. The van der Waals surface area contributed by atoms with Crippen molar-refractivity contribution in [1.82, 2.24) is 0 Å². The van der Waals surface area contributed by atoms with E-state index in [0.717, 1.165) is 18.3 Å². The Labute approximate surface area is 171 Å². The zero-order chi connectivity index (χ0) is 19.6. The third kappa shape index (κ3) is 5.94. The molecule has 0 unspecified atom stereocenters. The second-order valence-electron chi connectivity index (χ2n) is 7.96. The normalized spacial score (nSPS) is 19.8. The van der Waals surface area contributed by atoms with E-state index in [1.165, 1.54) is 54.4 Å². The summed E-state index contributed by atoms with van der Waals surface area (Å²) >= 11 is 0. The monoisotopic (exact) mass is 374 g/mol. The molecule has 0 aromatic heterocycles. The minimum absolute atomic E-state index is 0.598. The van der Waals surface area contributed by atoms with Crippen LogP contribution in [0.15, 0.2) is 73.3 Å². The summed E-state index contributed by atoms with van der Waals surface area (Å²) in [6, 6.07) is 18.0. The molecular formula is C27H34O. The van der Waals surface area contributed by atoms with E-state index in [9.17, 15) is 0 Å². The number of rotatable bonds is 9. The van der Waals surface area contributed by atoms with Gasteiger partial charge in [-0.15, -0.1) is 6.58 Å². The summed E-state index contributed by atoms with van der Waals surface area (Å²) in [4.78, 5) is 0.